The predicted octanol–water partition coefficient (Wildman–Crippen LogP) is 1.23. The fourth-order valence-corrected chi connectivity index (χ4v) is 1.66. The average molecular weight is 259 g/mol. The molecule has 0 aliphatic rings. The Balaban J connectivity index is 2.83. The van der Waals surface area contributed by atoms with E-state index in [0.29, 0.717) is 16.3 Å². The molecule has 1 aromatic carbocycles. The number of benzene rings is 1. The van der Waals surface area contributed by atoms with E-state index < -0.39 is 5.91 Å². The number of amides is 1. The lowest BCUT2D eigenvalue weighted by Crippen LogP contribution is -2.16. The minimum Gasteiger partial charge on any atom is -0.492 e. The fourth-order valence-electron chi connectivity index (χ4n) is 1.13. The molecule has 4 nitrogen and oxygen atoms in total. The molecule has 0 radical (unpaired) electrons. The summed E-state index contributed by atoms with van der Waals surface area (Å²) in [5.74, 6) is 0.0279. The first-order valence-corrected chi connectivity index (χ1v) is 5.30. The summed E-state index contributed by atoms with van der Waals surface area (Å²) in [5, 5.41) is 0.420. The molecule has 0 saturated heterocycles. The lowest BCUT2D eigenvalue weighted by Gasteiger charge is -2.11. The van der Waals surface area contributed by atoms with Crippen molar-refractivity contribution >= 4 is 34.7 Å². The molecule has 0 bridgehead atoms. The Kier molecular flexibility index (Phi) is 4.52. The average Bonchev–Trinajstić information content (AvgIpc) is 2.16. The van der Waals surface area contributed by atoms with Gasteiger partial charge in [0.25, 0.3) is 0 Å². The van der Waals surface area contributed by atoms with Crippen molar-refractivity contribution in [1.29, 1.82) is 0 Å². The molecule has 0 heterocycles. The van der Waals surface area contributed by atoms with Gasteiger partial charge in [-0.2, -0.15) is 0 Å². The van der Waals surface area contributed by atoms with Crippen molar-refractivity contribution in [2.75, 3.05) is 6.61 Å². The number of hydrogen-bond donors (Lipinski definition) is 2. The quantitative estimate of drug-likeness (QED) is 0.779. The summed E-state index contributed by atoms with van der Waals surface area (Å²) in [6.45, 7) is 0.172. The molecule has 0 fully saturated rings. The first-order chi connectivity index (χ1) is 7.52. The Morgan fingerprint density at radius 1 is 1.44 bits per heavy atom. The molecule has 0 atom stereocenters. The molecular formula is C10H11ClN2O2S. The van der Waals surface area contributed by atoms with Gasteiger partial charge in [-0.05, 0) is 12.1 Å². The molecule has 0 unspecified atom stereocenters. The highest BCUT2D eigenvalue weighted by molar-refractivity contribution is 7.80. The van der Waals surface area contributed by atoms with Gasteiger partial charge in [-0.15, -0.1) is 0 Å². The number of ether oxygens (including phenoxy) is 1. The van der Waals surface area contributed by atoms with Gasteiger partial charge >= 0.3 is 0 Å². The first-order valence-electron chi connectivity index (χ1n) is 4.51. The van der Waals surface area contributed by atoms with E-state index >= 15 is 0 Å². The van der Waals surface area contributed by atoms with Crippen molar-refractivity contribution in [1.82, 2.24) is 0 Å². The zero-order chi connectivity index (χ0) is 12.1. The largest absolute Gasteiger partial charge is 0.492 e. The topological polar surface area (TPSA) is 78.3 Å². The summed E-state index contributed by atoms with van der Waals surface area (Å²) in [6, 6.07) is 5.06. The molecular weight excluding hydrogens is 248 g/mol. The van der Waals surface area contributed by atoms with Crippen molar-refractivity contribution in [2.45, 2.75) is 6.42 Å². The highest BCUT2D eigenvalue weighted by atomic mass is 35.5. The summed E-state index contributed by atoms with van der Waals surface area (Å²) >= 11 is 10.8. The molecule has 1 aromatic rings. The highest BCUT2D eigenvalue weighted by Gasteiger charge is 2.10. The lowest BCUT2D eigenvalue weighted by molar-refractivity contribution is -0.118. The Morgan fingerprint density at radius 3 is 2.69 bits per heavy atom. The number of rotatable bonds is 5. The van der Waals surface area contributed by atoms with Crippen LogP contribution in [0.4, 0.5) is 0 Å². The zero-order valence-electron chi connectivity index (χ0n) is 8.40. The zero-order valence-corrected chi connectivity index (χ0v) is 9.98. The van der Waals surface area contributed by atoms with Gasteiger partial charge in [0.05, 0.1) is 23.6 Å². The van der Waals surface area contributed by atoms with Gasteiger partial charge in [0.15, 0.2) is 0 Å². The van der Waals surface area contributed by atoms with Crippen molar-refractivity contribution < 1.29 is 9.53 Å². The summed E-state index contributed by atoms with van der Waals surface area (Å²) in [6.07, 6.45) is 0.128. The maximum Gasteiger partial charge on any atom is 0.220 e. The van der Waals surface area contributed by atoms with Crippen LogP contribution in [0.15, 0.2) is 18.2 Å². The Morgan fingerprint density at radius 2 is 2.12 bits per heavy atom. The summed E-state index contributed by atoms with van der Waals surface area (Å²) < 4.78 is 5.34. The van der Waals surface area contributed by atoms with Crippen LogP contribution < -0.4 is 16.2 Å². The van der Waals surface area contributed by atoms with E-state index in [1.54, 1.807) is 18.2 Å². The molecule has 16 heavy (non-hydrogen) atoms. The normalized spacial score (nSPS) is 9.81. The van der Waals surface area contributed by atoms with Crippen LogP contribution in [0.5, 0.6) is 5.75 Å². The summed E-state index contributed by atoms with van der Waals surface area (Å²) in [7, 11) is 0. The van der Waals surface area contributed by atoms with Gasteiger partial charge in [0.1, 0.15) is 10.7 Å². The van der Waals surface area contributed by atoms with Crippen molar-refractivity contribution in [3.63, 3.8) is 0 Å². The molecule has 0 aliphatic carbocycles. The third-order valence-electron chi connectivity index (χ3n) is 1.83. The number of primary amides is 1. The molecule has 0 saturated carbocycles. The minimum atomic E-state index is -0.432. The second-order valence-corrected chi connectivity index (χ2v) is 3.89. The number of hydrogen-bond acceptors (Lipinski definition) is 3. The number of thiocarbonyl (C=S) groups is 1. The lowest BCUT2D eigenvalue weighted by atomic mass is 10.2. The Bertz CT molecular complexity index is 423. The van der Waals surface area contributed by atoms with Crippen LogP contribution in [-0.2, 0) is 4.79 Å². The van der Waals surface area contributed by atoms with Crippen LogP contribution in [0, 0.1) is 0 Å². The highest BCUT2D eigenvalue weighted by Crippen LogP contribution is 2.26. The monoisotopic (exact) mass is 258 g/mol. The molecule has 6 heteroatoms. The number of halogens is 1. The standard InChI is InChI=1S/C10H11ClN2O2S/c11-6-2-1-3-7(9(6)10(13)16)15-5-4-8(12)14/h1-3H,4-5H2,(H2,12,14)(H2,13,16). The Hall–Kier alpha value is -1.33. The minimum absolute atomic E-state index is 0.128. The summed E-state index contributed by atoms with van der Waals surface area (Å²) in [4.78, 5) is 10.7. The van der Waals surface area contributed by atoms with Crippen molar-refractivity contribution in [2.24, 2.45) is 11.5 Å². The van der Waals surface area contributed by atoms with E-state index in [9.17, 15) is 4.79 Å². The number of nitrogens with two attached hydrogens (primary N) is 2. The molecule has 0 spiro atoms. The third-order valence-corrected chi connectivity index (χ3v) is 2.35. The molecule has 0 aliphatic heterocycles. The maximum absolute atomic E-state index is 10.5. The molecule has 4 N–H and O–H groups in total. The number of carbonyl (C=O) groups excluding carboxylic acids is 1. The van der Waals surface area contributed by atoms with Crippen LogP contribution >= 0.6 is 23.8 Å². The maximum atomic E-state index is 10.5. The predicted molar refractivity (Wildman–Crippen MR) is 66.6 cm³/mol. The van der Waals surface area contributed by atoms with Crippen LogP contribution in [0.3, 0.4) is 0 Å². The van der Waals surface area contributed by atoms with E-state index in [4.69, 9.17) is 40.0 Å². The van der Waals surface area contributed by atoms with E-state index in [2.05, 4.69) is 0 Å². The van der Waals surface area contributed by atoms with E-state index in [1.165, 1.54) is 0 Å². The van der Waals surface area contributed by atoms with Crippen molar-refractivity contribution in [3.8, 4) is 5.75 Å². The van der Waals surface area contributed by atoms with Gasteiger partial charge in [0, 0.05) is 0 Å². The van der Waals surface area contributed by atoms with Gasteiger partial charge in [0.2, 0.25) is 5.91 Å². The van der Waals surface area contributed by atoms with Crippen molar-refractivity contribution in [3.05, 3.63) is 28.8 Å². The third kappa shape index (κ3) is 3.36. The fraction of sp³-hybridized carbons (Fsp3) is 0.200. The van der Waals surface area contributed by atoms with Crippen LogP contribution in [0.2, 0.25) is 5.02 Å². The molecule has 1 rings (SSSR count). The van der Waals surface area contributed by atoms with E-state index in [-0.39, 0.29) is 18.0 Å². The van der Waals surface area contributed by atoms with Crippen LogP contribution in [0.25, 0.3) is 0 Å². The van der Waals surface area contributed by atoms with E-state index in [1.807, 2.05) is 0 Å². The first kappa shape index (κ1) is 12.7. The SMILES string of the molecule is NC(=O)CCOc1cccc(Cl)c1C(N)=S. The van der Waals surface area contributed by atoms with Gasteiger partial charge in [-0.3, -0.25) is 4.79 Å². The van der Waals surface area contributed by atoms with Gasteiger partial charge < -0.3 is 16.2 Å². The molecule has 0 aromatic heterocycles. The summed E-state index contributed by atoms with van der Waals surface area (Å²) in [5.41, 5.74) is 11.0. The molecule has 86 valence electrons. The van der Waals surface area contributed by atoms with Gasteiger partial charge in [-0.25, -0.2) is 0 Å². The van der Waals surface area contributed by atoms with Crippen LogP contribution in [0.1, 0.15) is 12.0 Å². The van der Waals surface area contributed by atoms with Gasteiger partial charge in [-0.1, -0.05) is 29.9 Å². The number of carbonyl (C=O) groups is 1. The second kappa shape index (κ2) is 5.67. The van der Waals surface area contributed by atoms with E-state index in [0.717, 1.165) is 0 Å². The molecule has 1 amide bonds. The Labute approximate surface area is 104 Å². The van der Waals surface area contributed by atoms with Crippen LogP contribution in [-0.4, -0.2) is 17.5 Å². The second-order valence-electron chi connectivity index (χ2n) is 3.04. The smallest absolute Gasteiger partial charge is 0.220 e.